The summed E-state index contributed by atoms with van der Waals surface area (Å²) in [5.41, 5.74) is -0.422. The Kier molecular flexibility index (Phi) is 2.04. The van der Waals surface area contributed by atoms with E-state index in [-0.39, 0.29) is 5.52 Å². The summed E-state index contributed by atoms with van der Waals surface area (Å²) < 4.78 is 25.5. The van der Waals surface area contributed by atoms with E-state index in [1.54, 1.807) is 18.2 Å². The van der Waals surface area contributed by atoms with Crippen LogP contribution in [0.25, 0.3) is 10.9 Å². The van der Waals surface area contributed by atoms with E-state index in [1.165, 1.54) is 12.1 Å². The lowest BCUT2D eigenvalue weighted by molar-refractivity contribution is 0.0714. The number of para-hydroxylation sites is 1. The summed E-state index contributed by atoms with van der Waals surface area (Å²) in [7, 11) is 0. The second-order valence-electron chi connectivity index (χ2n) is 2.88. The molecule has 2 aromatic rings. The number of halogens is 2. The van der Waals surface area contributed by atoms with Crippen molar-refractivity contribution in [2.45, 2.75) is 6.55 Å². The molecule has 0 saturated carbocycles. The van der Waals surface area contributed by atoms with Gasteiger partial charge in [-0.05, 0) is 17.5 Å². The van der Waals surface area contributed by atoms with Crippen molar-refractivity contribution in [3.8, 4) is 0 Å². The number of pyridine rings is 1. The third kappa shape index (κ3) is 1.28. The van der Waals surface area contributed by atoms with Gasteiger partial charge in [-0.15, -0.1) is 0 Å². The molecule has 0 aliphatic carbocycles. The Morgan fingerprint density at radius 1 is 1.07 bits per heavy atom. The molecular formula is C10H7F2NO. The van der Waals surface area contributed by atoms with Gasteiger partial charge in [-0.3, -0.25) is 9.36 Å². The second kappa shape index (κ2) is 3.21. The van der Waals surface area contributed by atoms with Gasteiger partial charge in [-0.1, -0.05) is 18.2 Å². The monoisotopic (exact) mass is 195 g/mol. The first-order chi connectivity index (χ1) is 6.70. The highest BCUT2D eigenvalue weighted by Gasteiger charge is 2.10. The lowest BCUT2D eigenvalue weighted by Crippen LogP contribution is -2.19. The normalized spacial score (nSPS) is 11.1. The number of nitrogens with zero attached hydrogens (tertiary/aromatic N) is 1. The minimum absolute atomic E-state index is 0.259. The molecular weight excluding hydrogens is 188 g/mol. The molecule has 0 amide bonds. The van der Waals surface area contributed by atoms with Crippen molar-refractivity contribution >= 4 is 10.9 Å². The Labute approximate surface area is 78.4 Å². The van der Waals surface area contributed by atoms with E-state index in [2.05, 4.69) is 0 Å². The highest BCUT2D eigenvalue weighted by Crippen LogP contribution is 2.16. The summed E-state index contributed by atoms with van der Waals surface area (Å²) >= 11 is 0. The van der Waals surface area contributed by atoms with Crippen LogP contribution in [-0.2, 0) is 0 Å². The summed E-state index contributed by atoms with van der Waals surface area (Å²) in [4.78, 5) is 11.2. The van der Waals surface area contributed by atoms with Gasteiger partial charge in [0.25, 0.3) is 5.56 Å². The minimum atomic E-state index is -2.80. The predicted molar refractivity (Wildman–Crippen MR) is 49.5 cm³/mol. The van der Waals surface area contributed by atoms with Crippen LogP contribution in [-0.4, -0.2) is 4.57 Å². The van der Waals surface area contributed by atoms with E-state index in [1.807, 2.05) is 0 Å². The van der Waals surface area contributed by atoms with E-state index < -0.39 is 12.1 Å². The number of alkyl halides is 2. The van der Waals surface area contributed by atoms with E-state index in [0.717, 1.165) is 6.07 Å². The fourth-order valence-corrected chi connectivity index (χ4v) is 1.41. The molecule has 0 spiro atoms. The van der Waals surface area contributed by atoms with Gasteiger partial charge in [-0.25, -0.2) is 0 Å². The molecule has 2 rings (SSSR count). The van der Waals surface area contributed by atoms with Gasteiger partial charge in [0.05, 0.1) is 5.52 Å². The number of hydrogen-bond acceptors (Lipinski definition) is 1. The van der Waals surface area contributed by atoms with E-state index in [9.17, 15) is 13.6 Å². The molecule has 0 unspecified atom stereocenters. The summed E-state index contributed by atoms with van der Waals surface area (Å²) in [5, 5.41) is 0.632. The van der Waals surface area contributed by atoms with Gasteiger partial charge in [0.2, 0.25) is 0 Å². The van der Waals surface area contributed by atoms with Crippen molar-refractivity contribution in [1.29, 1.82) is 0 Å². The second-order valence-corrected chi connectivity index (χ2v) is 2.88. The molecule has 2 nitrogen and oxygen atoms in total. The highest BCUT2D eigenvalue weighted by atomic mass is 19.3. The molecule has 0 radical (unpaired) electrons. The molecule has 0 N–H and O–H groups in total. The lowest BCUT2D eigenvalue weighted by Gasteiger charge is -2.07. The van der Waals surface area contributed by atoms with Crippen LogP contribution in [0.15, 0.2) is 41.2 Å². The van der Waals surface area contributed by atoms with E-state index in [0.29, 0.717) is 9.95 Å². The van der Waals surface area contributed by atoms with Crippen molar-refractivity contribution < 1.29 is 8.78 Å². The Morgan fingerprint density at radius 3 is 2.50 bits per heavy atom. The topological polar surface area (TPSA) is 22.0 Å². The third-order valence-electron chi connectivity index (χ3n) is 2.03. The van der Waals surface area contributed by atoms with Crippen molar-refractivity contribution in [1.82, 2.24) is 4.57 Å². The van der Waals surface area contributed by atoms with Crippen molar-refractivity contribution in [3.05, 3.63) is 46.8 Å². The zero-order valence-corrected chi connectivity index (χ0v) is 7.15. The summed E-state index contributed by atoms with van der Waals surface area (Å²) in [6.45, 7) is -2.80. The van der Waals surface area contributed by atoms with E-state index in [4.69, 9.17) is 0 Å². The molecule has 1 aromatic heterocycles. The molecule has 1 heterocycles. The maximum Gasteiger partial charge on any atom is 0.321 e. The maximum atomic E-state index is 12.5. The van der Waals surface area contributed by atoms with Crippen LogP contribution in [0.2, 0.25) is 0 Å². The van der Waals surface area contributed by atoms with Crippen LogP contribution < -0.4 is 5.56 Å². The van der Waals surface area contributed by atoms with Gasteiger partial charge in [0.15, 0.2) is 0 Å². The Morgan fingerprint density at radius 2 is 1.79 bits per heavy atom. The first-order valence-corrected chi connectivity index (χ1v) is 4.08. The fraction of sp³-hybridized carbons (Fsp3) is 0.100. The molecule has 72 valence electrons. The Balaban J connectivity index is 2.90. The van der Waals surface area contributed by atoms with Gasteiger partial charge in [-0.2, -0.15) is 8.78 Å². The lowest BCUT2D eigenvalue weighted by atomic mass is 10.2. The largest absolute Gasteiger partial charge is 0.321 e. The SMILES string of the molecule is O=c1ccc2ccccc2n1C(F)F. The van der Waals surface area contributed by atoms with Gasteiger partial charge in [0.1, 0.15) is 0 Å². The summed E-state index contributed by atoms with van der Waals surface area (Å²) in [6.07, 6.45) is 0. The smallest absolute Gasteiger partial charge is 0.269 e. The van der Waals surface area contributed by atoms with Gasteiger partial charge < -0.3 is 0 Å². The van der Waals surface area contributed by atoms with Crippen LogP contribution in [0.3, 0.4) is 0 Å². The zero-order chi connectivity index (χ0) is 10.1. The first kappa shape index (κ1) is 8.87. The number of benzene rings is 1. The molecule has 14 heavy (non-hydrogen) atoms. The number of fused-ring (bicyclic) bond motifs is 1. The predicted octanol–water partition coefficient (Wildman–Crippen LogP) is 2.40. The number of hydrogen-bond donors (Lipinski definition) is 0. The molecule has 0 saturated heterocycles. The van der Waals surface area contributed by atoms with E-state index >= 15 is 0 Å². The average molecular weight is 195 g/mol. The third-order valence-corrected chi connectivity index (χ3v) is 2.03. The average Bonchev–Trinajstić information content (AvgIpc) is 2.17. The molecule has 0 bridgehead atoms. The molecule has 0 fully saturated rings. The van der Waals surface area contributed by atoms with Crippen molar-refractivity contribution in [2.75, 3.05) is 0 Å². The molecule has 0 aliphatic heterocycles. The zero-order valence-electron chi connectivity index (χ0n) is 7.15. The molecule has 4 heteroatoms. The van der Waals surface area contributed by atoms with Crippen molar-refractivity contribution in [2.24, 2.45) is 0 Å². The molecule has 0 aliphatic rings. The van der Waals surface area contributed by atoms with Crippen LogP contribution in [0.1, 0.15) is 6.55 Å². The van der Waals surface area contributed by atoms with Crippen LogP contribution in [0.5, 0.6) is 0 Å². The quantitative estimate of drug-likeness (QED) is 0.684. The minimum Gasteiger partial charge on any atom is -0.269 e. The van der Waals surface area contributed by atoms with Gasteiger partial charge in [0, 0.05) is 6.07 Å². The number of rotatable bonds is 1. The Hall–Kier alpha value is -1.71. The van der Waals surface area contributed by atoms with Crippen LogP contribution in [0, 0.1) is 0 Å². The summed E-state index contributed by atoms with van der Waals surface area (Å²) in [6, 6.07) is 9.24. The molecule has 1 aromatic carbocycles. The van der Waals surface area contributed by atoms with Crippen molar-refractivity contribution in [3.63, 3.8) is 0 Å². The maximum absolute atomic E-state index is 12.5. The molecule has 0 atom stereocenters. The highest BCUT2D eigenvalue weighted by molar-refractivity contribution is 5.78. The standard InChI is InChI=1S/C10H7F2NO/c11-10(12)13-8-4-2-1-3-7(8)5-6-9(13)14/h1-6,10H. The first-order valence-electron chi connectivity index (χ1n) is 4.08. The summed E-state index contributed by atoms with van der Waals surface area (Å²) in [5.74, 6) is 0. The fourth-order valence-electron chi connectivity index (χ4n) is 1.41. The Bertz CT molecular complexity index is 519. The van der Waals surface area contributed by atoms with Crippen LogP contribution in [0.4, 0.5) is 8.78 Å². The van der Waals surface area contributed by atoms with Gasteiger partial charge >= 0.3 is 6.55 Å². The number of aromatic nitrogens is 1. The van der Waals surface area contributed by atoms with Crippen LogP contribution >= 0.6 is 0 Å².